The molecule has 5 N–H and O–H groups in total. The molecule has 1 heterocycles. The maximum Gasteiger partial charge on any atom is 0.320 e. The molecule has 0 spiro atoms. The number of amidine groups is 1. The van der Waals surface area contributed by atoms with Gasteiger partial charge in [-0.1, -0.05) is 18.6 Å². The van der Waals surface area contributed by atoms with Crippen molar-refractivity contribution in [1.82, 2.24) is 0 Å². The largest absolute Gasteiger partial charge is 0.480 e. The van der Waals surface area contributed by atoms with Gasteiger partial charge in [-0.3, -0.25) is 9.79 Å². The van der Waals surface area contributed by atoms with Crippen LogP contribution in [-0.4, -0.2) is 29.0 Å². The first-order valence-corrected chi connectivity index (χ1v) is 6.05. The smallest absolute Gasteiger partial charge is 0.320 e. The molecular formula is C12H21N3O2. The highest BCUT2D eigenvalue weighted by molar-refractivity contribution is 5.80. The van der Waals surface area contributed by atoms with Crippen molar-refractivity contribution in [2.75, 3.05) is 0 Å². The molecule has 1 rings (SSSR count). The third-order valence-corrected chi connectivity index (χ3v) is 2.85. The van der Waals surface area contributed by atoms with Gasteiger partial charge in [0.2, 0.25) is 0 Å². The molecule has 1 aliphatic heterocycles. The number of rotatable bonds is 5. The van der Waals surface area contributed by atoms with E-state index in [-0.39, 0.29) is 6.04 Å². The Morgan fingerprint density at radius 2 is 2.29 bits per heavy atom. The minimum atomic E-state index is -0.966. The molecule has 96 valence electrons. The molecule has 0 amide bonds. The van der Waals surface area contributed by atoms with Gasteiger partial charge in [-0.25, -0.2) is 0 Å². The Morgan fingerprint density at radius 1 is 1.53 bits per heavy atom. The van der Waals surface area contributed by atoms with Crippen molar-refractivity contribution in [3.05, 3.63) is 12.2 Å². The fourth-order valence-corrected chi connectivity index (χ4v) is 1.82. The Balaban J connectivity index is 2.31. The third kappa shape index (κ3) is 5.49. The number of carbonyl (C=O) groups is 1. The summed E-state index contributed by atoms with van der Waals surface area (Å²) in [5, 5.41) is 8.60. The molecule has 0 saturated heterocycles. The predicted octanol–water partition coefficient (Wildman–Crippen LogP) is 1.03. The summed E-state index contributed by atoms with van der Waals surface area (Å²) in [7, 11) is 0. The predicted molar refractivity (Wildman–Crippen MR) is 67.9 cm³/mol. The van der Waals surface area contributed by atoms with Crippen LogP contribution in [0.3, 0.4) is 0 Å². The molecule has 0 bridgehead atoms. The van der Waals surface area contributed by atoms with Crippen LogP contribution in [0.2, 0.25) is 0 Å². The summed E-state index contributed by atoms with van der Waals surface area (Å²) in [5.41, 5.74) is 11.1. The molecule has 1 aliphatic rings. The van der Waals surface area contributed by atoms with Gasteiger partial charge in [0.15, 0.2) is 0 Å². The second-order valence-electron chi connectivity index (χ2n) is 4.41. The summed E-state index contributed by atoms with van der Waals surface area (Å²) >= 11 is 0. The molecule has 0 aliphatic carbocycles. The van der Waals surface area contributed by atoms with E-state index in [0.29, 0.717) is 6.42 Å². The molecule has 17 heavy (non-hydrogen) atoms. The molecule has 0 radical (unpaired) electrons. The van der Waals surface area contributed by atoms with E-state index in [1.54, 1.807) is 0 Å². The highest BCUT2D eigenvalue weighted by Gasteiger charge is 2.11. The van der Waals surface area contributed by atoms with Crippen LogP contribution in [-0.2, 0) is 4.79 Å². The molecule has 0 saturated carbocycles. The number of aliphatic carboxylic acids is 1. The van der Waals surface area contributed by atoms with Crippen molar-refractivity contribution in [2.45, 2.75) is 50.6 Å². The van der Waals surface area contributed by atoms with Crippen LogP contribution in [0.15, 0.2) is 17.1 Å². The lowest BCUT2D eigenvalue weighted by Gasteiger charge is -2.07. The summed E-state index contributed by atoms with van der Waals surface area (Å²) < 4.78 is 0. The van der Waals surface area contributed by atoms with Gasteiger partial charge in [0, 0.05) is 6.42 Å². The number of carboxylic acids is 1. The number of carboxylic acid groups (broad SMARTS) is 1. The zero-order chi connectivity index (χ0) is 12.7. The van der Waals surface area contributed by atoms with Crippen molar-refractivity contribution in [1.29, 1.82) is 0 Å². The summed E-state index contributed by atoms with van der Waals surface area (Å²) in [6.07, 6.45) is 9.15. The molecule has 5 nitrogen and oxygen atoms in total. The van der Waals surface area contributed by atoms with Crippen LogP contribution in [0, 0.1) is 0 Å². The first-order valence-electron chi connectivity index (χ1n) is 6.05. The van der Waals surface area contributed by atoms with E-state index in [1.165, 1.54) is 0 Å². The second kappa shape index (κ2) is 7.06. The van der Waals surface area contributed by atoms with E-state index in [4.69, 9.17) is 16.6 Å². The monoisotopic (exact) mass is 239 g/mol. The van der Waals surface area contributed by atoms with Gasteiger partial charge in [0.05, 0.1) is 11.9 Å². The van der Waals surface area contributed by atoms with E-state index >= 15 is 0 Å². The first kappa shape index (κ1) is 13.7. The molecule has 2 atom stereocenters. The maximum atomic E-state index is 10.5. The summed E-state index contributed by atoms with van der Waals surface area (Å²) in [6, 6.07) is -0.566. The normalized spacial score (nSPS) is 23.1. The summed E-state index contributed by atoms with van der Waals surface area (Å²) in [4.78, 5) is 14.9. The van der Waals surface area contributed by atoms with E-state index < -0.39 is 12.0 Å². The summed E-state index contributed by atoms with van der Waals surface area (Å²) in [5.74, 6) is -0.227. The number of hydrogen-bond acceptors (Lipinski definition) is 4. The maximum absolute atomic E-state index is 10.5. The van der Waals surface area contributed by atoms with Crippen LogP contribution < -0.4 is 11.5 Å². The zero-order valence-electron chi connectivity index (χ0n) is 10.0. The van der Waals surface area contributed by atoms with Crippen LogP contribution in [0.5, 0.6) is 0 Å². The van der Waals surface area contributed by atoms with Gasteiger partial charge in [0.1, 0.15) is 6.04 Å². The van der Waals surface area contributed by atoms with Crippen LogP contribution in [0.4, 0.5) is 0 Å². The Labute approximate surface area is 102 Å². The number of aliphatic imine (C=N–C) groups is 1. The Morgan fingerprint density at radius 3 is 3.00 bits per heavy atom. The van der Waals surface area contributed by atoms with E-state index in [0.717, 1.165) is 37.9 Å². The Kier molecular flexibility index (Phi) is 5.69. The number of nitrogens with two attached hydrogens (primary N) is 2. The van der Waals surface area contributed by atoms with E-state index in [1.807, 2.05) is 12.2 Å². The average molecular weight is 239 g/mol. The van der Waals surface area contributed by atoms with Crippen molar-refractivity contribution in [3.63, 3.8) is 0 Å². The van der Waals surface area contributed by atoms with Crippen molar-refractivity contribution in [3.8, 4) is 0 Å². The minimum Gasteiger partial charge on any atom is -0.480 e. The molecule has 5 heteroatoms. The zero-order valence-corrected chi connectivity index (χ0v) is 10.0. The lowest BCUT2D eigenvalue weighted by Crippen LogP contribution is -2.29. The third-order valence-electron chi connectivity index (χ3n) is 2.85. The van der Waals surface area contributed by atoms with Gasteiger partial charge in [0.25, 0.3) is 0 Å². The highest BCUT2D eigenvalue weighted by Crippen LogP contribution is 2.15. The van der Waals surface area contributed by atoms with Gasteiger partial charge < -0.3 is 16.6 Å². The fourth-order valence-electron chi connectivity index (χ4n) is 1.82. The summed E-state index contributed by atoms with van der Waals surface area (Å²) in [6.45, 7) is 0. The van der Waals surface area contributed by atoms with Gasteiger partial charge in [-0.15, -0.1) is 0 Å². The Hall–Kier alpha value is -1.36. The minimum absolute atomic E-state index is 0.245. The SMILES string of the molecule is NC1=N[C@@H](CC=CC[C@H](N)C(=O)O)CCCC1. The van der Waals surface area contributed by atoms with Crippen LogP contribution in [0.25, 0.3) is 0 Å². The molecule has 0 aromatic heterocycles. The molecular weight excluding hydrogens is 218 g/mol. The number of nitrogens with zero attached hydrogens (tertiary/aromatic N) is 1. The van der Waals surface area contributed by atoms with Gasteiger partial charge in [-0.05, 0) is 25.7 Å². The van der Waals surface area contributed by atoms with Crippen molar-refractivity contribution >= 4 is 11.8 Å². The lowest BCUT2D eigenvalue weighted by atomic mass is 10.1. The lowest BCUT2D eigenvalue weighted by molar-refractivity contribution is -0.138. The molecule has 0 unspecified atom stereocenters. The van der Waals surface area contributed by atoms with Crippen molar-refractivity contribution < 1.29 is 9.90 Å². The topological polar surface area (TPSA) is 102 Å². The second-order valence-corrected chi connectivity index (χ2v) is 4.41. The van der Waals surface area contributed by atoms with Crippen molar-refractivity contribution in [2.24, 2.45) is 16.5 Å². The van der Waals surface area contributed by atoms with Crippen LogP contribution in [0.1, 0.15) is 38.5 Å². The van der Waals surface area contributed by atoms with Gasteiger partial charge in [-0.2, -0.15) is 0 Å². The molecule has 0 aromatic rings. The fraction of sp³-hybridized carbons (Fsp3) is 0.667. The number of hydrogen-bond donors (Lipinski definition) is 3. The average Bonchev–Trinajstić information content (AvgIpc) is 2.48. The van der Waals surface area contributed by atoms with Crippen LogP contribution >= 0.6 is 0 Å². The molecule has 0 aromatic carbocycles. The standard InChI is InChI=1S/C12H21N3O2/c13-10(12(16)17)7-3-1-5-9-6-2-4-8-11(14)15-9/h1,3,9-10H,2,4-8,13H2,(H2,14,15)(H,16,17)/t9-,10-/m0/s1. The first-order chi connectivity index (χ1) is 8.09. The van der Waals surface area contributed by atoms with E-state index in [2.05, 4.69) is 4.99 Å². The van der Waals surface area contributed by atoms with E-state index in [9.17, 15) is 4.79 Å². The van der Waals surface area contributed by atoms with Gasteiger partial charge >= 0.3 is 5.97 Å². The Bertz CT molecular complexity index is 313. The highest BCUT2D eigenvalue weighted by atomic mass is 16.4. The molecule has 0 fully saturated rings. The quantitative estimate of drug-likeness (QED) is 0.624.